The van der Waals surface area contributed by atoms with Crippen molar-refractivity contribution in [1.29, 1.82) is 0 Å². The summed E-state index contributed by atoms with van der Waals surface area (Å²) >= 11 is 1.86. The van der Waals surface area contributed by atoms with Crippen molar-refractivity contribution in [3.63, 3.8) is 0 Å². The molecule has 10 aromatic rings. The first-order valence-corrected chi connectivity index (χ1v) is 19.2. The number of hydrogen-bond donors (Lipinski definition) is 0. The highest BCUT2D eigenvalue weighted by molar-refractivity contribution is 7.26. The molecular formula is C51H33N3S. The Kier molecular flexibility index (Phi) is 8.36. The molecule has 0 N–H and O–H groups in total. The standard InChI is InChI=1S/C51H33N3S/c1-3-14-34(15-4-1)41-18-7-8-19-42(41)38-30-39(43-21-13-22-45-44-20-9-10-24-49(44)55-50(43)45)32-40(31-38)48-33-47(53-51(54-48)37-16-5-2-6-17-37)36-27-25-35(26-28-36)46-23-11-12-29-52-46/h1-33H. The molecule has 0 spiro atoms. The minimum absolute atomic E-state index is 0.685. The van der Waals surface area contributed by atoms with E-state index < -0.39 is 0 Å². The van der Waals surface area contributed by atoms with Gasteiger partial charge in [-0.2, -0.15) is 0 Å². The maximum Gasteiger partial charge on any atom is 0.160 e. The summed E-state index contributed by atoms with van der Waals surface area (Å²) in [6, 6.07) is 68.6. The van der Waals surface area contributed by atoms with Gasteiger partial charge in [0.1, 0.15) is 0 Å². The number of nitrogens with zero attached hydrogens (tertiary/aromatic N) is 3. The number of rotatable bonds is 7. The summed E-state index contributed by atoms with van der Waals surface area (Å²) in [4.78, 5) is 15.0. The van der Waals surface area contributed by atoms with Gasteiger partial charge in [-0.3, -0.25) is 4.98 Å². The minimum atomic E-state index is 0.685. The van der Waals surface area contributed by atoms with Crippen molar-refractivity contribution >= 4 is 31.5 Å². The molecule has 7 aromatic carbocycles. The van der Waals surface area contributed by atoms with Crippen LogP contribution in [-0.4, -0.2) is 15.0 Å². The summed E-state index contributed by atoms with van der Waals surface area (Å²) in [7, 11) is 0. The van der Waals surface area contributed by atoms with Crippen LogP contribution in [-0.2, 0) is 0 Å². The van der Waals surface area contributed by atoms with E-state index in [1.165, 1.54) is 42.4 Å². The Morgan fingerprint density at radius 3 is 1.60 bits per heavy atom. The van der Waals surface area contributed by atoms with E-state index in [1.807, 2.05) is 53.9 Å². The molecule has 258 valence electrons. The molecule has 0 unspecified atom stereocenters. The third kappa shape index (κ3) is 6.29. The second-order valence-corrected chi connectivity index (χ2v) is 14.7. The lowest BCUT2D eigenvalue weighted by Gasteiger charge is -2.16. The van der Waals surface area contributed by atoms with E-state index in [0.717, 1.165) is 50.5 Å². The first kappa shape index (κ1) is 32.6. The Morgan fingerprint density at radius 2 is 0.873 bits per heavy atom. The SMILES string of the molecule is c1ccc(-c2nc(-c3ccc(-c4ccccn4)cc3)cc(-c3cc(-c4ccccc4-c4ccccc4)cc(-c4cccc5c4sc4ccccc45)c3)n2)cc1. The maximum atomic E-state index is 5.29. The minimum Gasteiger partial charge on any atom is -0.256 e. The molecule has 0 saturated carbocycles. The smallest absolute Gasteiger partial charge is 0.160 e. The second-order valence-electron chi connectivity index (χ2n) is 13.6. The van der Waals surface area contributed by atoms with Crippen molar-refractivity contribution in [2.75, 3.05) is 0 Å². The largest absolute Gasteiger partial charge is 0.256 e. The molecule has 0 amide bonds. The van der Waals surface area contributed by atoms with Crippen LogP contribution in [0.5, 0.6) is 0 Å². The zero-order valence-corrected chi connectivity index (χ0v) is 30.6. The summed E-state index contributed by atoms with van der Waals surface area (Å²) in [5.74, 6) is 0.685. The van der Waals surface area contributed by atoms with Crippen LogP contribution in [0.15, 0.2) is 200 Å². The van der Waals surface area contributed by atoms with E-state index in [0.29, 0.717) is 5.82 Å². The van der Waals surface area contributed by atoms with E-state index in [9.17, 15) is 0 Å². The lowest BCUT2D eigenvalue weighted by molar-refractivity contribution is 1.18. The molecule has 0 fully saturated rings. The van der Waals surface area contributed by atoms with Gasteiger partial charge in [0.2, 0.25) is 0 Å². The summed E-state index contributed by atoms with van der Waals surface area (Å²) in [6.45, 7) is 0. The predicted octanol–water partition coefficient (Wildman–Crippen LogP) is 13.9. The van der Waals surface area contributed by atoms with Crippen LogP contribution >= 0.6 is 11.3 Å². The fraction of sp³-hybridized carbons (Fsp3) is 0. The van der Waals surface area contributed by atoms with Crippen LogP contribution < -0.4 is 0 Å². The van der Waals surface area contributed by atoms with Gasteiger partial charge in [-0.15, -0.1) is 11.3 Å². The number of hydrogen-bond acceptors (Lipinski definition) is 4. The molecule has 10 rings (SSSR count). The van der Waals surface area contributed by atoms with E-state index in [2.05, 4.69) is 163 Å². The fourth-order valence-electron chi connectivity index (χ4n) is 7.47. The third-order valence-electron chi connectivity index (χ3n) is 10.2. The first-order chi connectivity index (χ1) is 27.2. The van der Waals surface area contributed by atoms with E-state index in [-0.39, 0.29) is 0 Å². The number of pyridine rings is 1. The van der Waals surface area contributed by atoms with Crippen molar-refractivity contribution in [1.82, 2.24) is 15.0 Å². The van der Waals surface area contributed by atoms with Crippen molar-refractivity contribution in [2.45, 2.75) is 0 Å². The predicted molar refractivity (Wildman–Crippen MR) is 231 cm³/mol. The summed E-state index contributed by atoms with van der Waals surface area (Å²) in [5.41, 5.74) is 13.8. The van der Waals surface area contributed by atoms with E-state index in [1.54, 1.807) is 0 Å². The molecule has 3 aromatic heterocycles. The van der Waals surface area contributed by atoms with Crippen LogP contribution in [0, 0.1) is 0 Å². The van der Waals surface area contributed by atoms with Gasteiger partial charge in [-0.05, 0) is 75.8 Å². The highest BCUT2D eigenvalue weighted by atomic mass is 32.1. The van der Waals surface area contributed by atoms with Gasteiger partial charge in [-0.25, -0.2) is 9.97 Å². The normalized spacial score (nSPS) is 11.3. The molecular weight excluding hydrogens is 687 g/mol. The molecule has 0 aliphatic rings. The topological polar surface area (TPSA) is 38.7 Å². The van der Waals surface area contributed by atoms with Gasteiger partial charge in [0.25, 0.3) is 0 Å². The van der Waals surface area contributed by atoms with E-state index in [4.69, 9.17) is 9.97 Å². The van der Waals surface area contributed by atoms with Crippen LogP contribution in [0.1, 0.15) is 0 Å². The number of aromatic nitrogens is 3. The zero-order valence-electron chi connectivity index (χ0n) is 29.8. The molecule has 0 aliphatic heterocycles. The number of thiophene rings is 1. The highest BCUT2D eigenvalue weighted by Gasteiger charge is 2.17. The second kappa shape index (κ2) is 14.1. The van der Waals surface area contributed by atoms with Crippen LogP contribution in [0.2, 0.25) is 0 Å². The molecule has 3 nitrogen and oxygen atoms in total. The van der Waals surface area contributed by atoms with Crippen molar-refractivity contribution in [3.05, 3.63) is 200 Å². The van der Waals surface area contributed by atoms with Gasteiger partial charge in [0.05, 0.1) is 17.1 Å². The Labute approximate surface area is 323 Å². The Morgan fingerprint density at radius 1 is 0.327 bits per heavy atom. The first-order valence-electron chi connectivity index (χ1n) is 18.4. The molecule has 4 heteroatoms. The molecule has 0 aliphatic carbocycles. The van der Waals surface area contributed by atoms with Crippen LogP contribution in [0.3, 0.4) is 0 Å². The average molecular weight is 720 g/mol. The van der Waals surface area contributed by atoms with Gasteiger partial charge in [-0.1, -0.05) is 152 Å². The number of benzene rings is 7. The van der Waals surface area contributed by atoms with Crippen molar-refractivity contribution in [2.24, 2.45) is 0 Å². The van der Waals surface area contributed by atoms with E-state index >= 15 is 0 Å². The molecule has 0 radical (unpaired) electrons. The van der Waals surface area contributed by atoms with Gasteiger partial charge >= 0.3 is 0 Å². The van der Waals surface area contributed by atoms with Gasteiger partial charge < -0.3 is 0 Å². The lowest BCUT2D eigenvalue weighted by atomic mass is 9.90. The van der Waals surface area contributed by atoms with Crippen molar-refractivity contribution < 1.29 is 0 Å². The zero-order chi connectivity index (χ0) is 36.6. The summed E-state index contributed by atoms with van der Waals surface area (Å²) < 4.78 is 2.57. The molecule has 0 saturated heterocycles. The number of fused-ring (bicyclic) bond motifs is 3. The Bertz CT molecular complexity index is 2950. The van der Waals surface area contributed by atoms with Gasteiger partial charge in [0, 0.05) is 48.6 Å². The van der Waals surface area contributed by atoms with Gasteiger partial charge in [0.15, 0.2) is 5.82 Å². The third-order valence-corrected chi connectivity index (χ3v) is 11.4. The quantitative estimate of drug-likeness (QED) is 0.165. The van der Waals surface area contributed by atoms with Crippen LogP contribution in [0.25, 0.3) is 98.7 Å². The lowest BCUT2D eigenvalue weighted by Crippen LogP contribution is -1.97. The molecule has 3 heterocycles. The van der Waals surface area contributed by atoms with Crippen molar-refractivity contribution in [3.8, 4) is 78.5 Å². The Hall–Kier alpha value is -7.01. The van der Waals surface area contributed by atoms with Crippen LogP contribution in [0.4, 0.5) is 0 Å². The summed E-state index contributed by atoms with van der Waals surface area (Å²) in [5, 5.41) is 2.57. The monoisotopic (exact) mass is 719 g/mol. The average Bonchev–Trinajstić information content (AvgIpc) is 3.66. The molecule has 0 atom stereocenters. The highest BCUT2D eigenvalue weighted by Crippen LogP contribution is 2.43. The Balaban J connectivity index is 1.20. The fourth-order valence-corrected chi connectivity index (χ4v) is 8.71. The summed E-state index contributed by atoms with van der Waals surface area (Å²) in [6.07, 6.45) is 1.83. The molecule has 55 heavy (non-hydrogen) atoms. The maximum absolute atomic E-state index is 5.29. The molecule has 0 bridgehead atoms.